The zero-order valence-corrected chi connectivity index (χ0v) is 18.8. The number of halogens is 2. The van der Waals surface area contributed by atoms with Gasteiger partial charge in [-0.2, -0.15) is 0 Å². The lowest BCUT2D eigenvalue weighted by molar-refractivity contribution is -0.122. The summed E-state index contributed by atoms with van der Waals surface area (Å²) in [4.78, 5) is 12.8. The SMILES string of the molecule is Cc1ccc([C@@H](C)NC(=O)[C@@H](C)N(c2cc(Cl)cc(Cl)c2)S(C)(=O)=O)cc1C. The Bertz CT molecular complexity index is 973. The van der Waals surface area contributed by atoms with E-state index in [9.17, 15) is 13.2 Å². The molecule has 2 aromatic carbocycles. The smallest absolute Gasteiger partial charge is 0.244 e. The van der Waals surface area contributed by atoms with Gasteiger partial charge in [0.25, 0.3) is 0 Å². The van der Waals surface area contributed by atoms with E-state index in [2.05, 4.69) is 5.32 Å². The number of sulfonamides is 1. The van der Waals surface area contributed by atoms with Crippen LogP contribution >= 0.6 is 23.2 Å². The Morgan fingerprint density at radius 2 is 1.57 bits per heavy atom. The summed E-state index contributed by atoms with van der Waals surface area (Å²) in [7, 11) is -3.75. The highest BCUT2D eigenvalue weighted by molar-refractivity contribution is 7.92. The number of hydrogen-bond donors (Lipinski definition) is 1. The number of anilines is 1. The van der Waals surface area contributed by atoms with Crippen LogP contribution in [0.25, 0.3) is 0 Å². The lowest BCUT2D eigenvalue weighted by atomic mass is 10.0. The summed E-state index contributed by atoms with van der Waals surface area (Å²) in [5.74, 6) is -0.424. The van der Waals surface area contributed by atoms with Crippen molar-refractivity contribution in [1.29, 1.82) is 0 Å². The molecular weight excluding hydrogens is 419 g/mol. The van der Waals surface area contributed by atoms with Gasteiger partial charge < -0.3 is 5.32 Å². The molecule has 0 radical (unpaired) electrons. The quantitative estimate of drug-likeness (QED) is 0.707. The van der Waals surface area contributed by atoms with E-state index in [-0.39, 0.29) is 21.8 Å². The van der Waals surface area contributed by atoms with Gasteiger partial charge >= 0.3 is 0 Å². The number of nitrogens with one attached hydrogen (secondary N) is 1. The zero-order chi connectivity index (χ0) is 21.2. The van der Waals surface area contributed by atoms with Gasteiger partial charge in [-0.05, 0) is 62.6 Å². The van der Waals surface area contributed by atoms with Crippen LogP contribution in [0.4, 0.5) is 5.69 Å². The highest BCUT2D eigenvalue weighted by Gasteiger charge is 2.30. The lowest BCUT2D eigenvalue weighted by Gasteiger charge is -2.29. The minimum atomic E-state index is -3.75. The maximum Gasteiger partial charge on any atom is 0.244 e. The van der Waals surface area contributed by atoms with Crippen LogP contribution in [-0.2, 0) is 14.8 Å². The van der Waals surface area contributed by atoms with Crippen LogP contribution in [0.3, 0.4) is 0 Å². The monoisotopic (exact) mass is 442 g/mol. The second kappa shape index (κ2) is 8.72. The van der Waals surface area contributed by atoms with Gasteiger partial charge in [0.1, 0.15) is 6.04 Å². The van der Waals surface area contributed by atoms with Gasteiger partial charge in [0.05, 0.1) is 18.0 Å². The fourth-order valence-electron chi connectivity index (χ4n) is 2.93. The molecule has 2 rings (SSSR count). The number of hydrogen-bond acceptors (Lipinski definition) is 3. The molecule has 0 aliphatic rings. The average molecular weight is 443 g/mol. The van der Waals surface area contributed by atoms with E-state index in [0.717, 1.165) is 27.3 Å². The molecule has 8 heteroatoms. The number of amides is 1. The molecule has 1 amide bonds. The molecule has 152 valence electrons. The molecule has 0 heterocycles. The molecule has 2 atom stereocenters. The van der Waals surface area contributed by atoms with Crippen molar-refractivity contribution in [3.63, 3.8) is 0 Å². The first-order valence-electron chi connectivity index (χ1n) is 8.73. The molecule has 0 aromatic heterocycles. The Morgan fingerprint density at radius 1 is 1.00 bits per heavy atom. The summed E-state index contributed by atoms with van der Waals surface area (Å²) in [5, 5.41) is 3.45. The molecule has 0 unspecified atom stereocenters. The molecule has 0 fully saturated rings. The maximum atomic E-state index is 12.8. The zero-order valence-electron chi connectivity index (χ0n) is 16.5. The third kappa shape index (κ3) is 5.40. The molecule has 28 heavy (non-hydrogen) atoms. The molecule has 0 aliphatic carbocycles. The van der Waals surface area contributed by atoms with Crippen molar-refractivity contribution in [1.82, 2.24) is 5.32 Å². The second-order valence-electron chi connectivity index (χ2n) is 6.94. The summed E-state index contributed by atoms with van der Waals surface area (Å²) in [6.45, 7) is 7.41. The van der Waals surface area contributed by atoms with Gasteiger partial charge in [-0.3, -0.25) is 9.10 Å². The molecular formula is C20H24Cl2N2O3S. The van der Waals surface area contributed by atoms with Crippen LogP contribution in [-0.4, -0.2) is 26.6 Å². The van der Waals surface area contributed by atoms with Crippen LogP contribution in [0.5, 0.6) is 0 Å². The number of benzene rings is 2. The van der Waals surface area contributed by atoms with Crippen molar-refractivity contribution in [3.8, 4) is 0 Å². The van der Waals surface area contributed by atoms with Crippen molar-refractivity contribution in [2.24, 2.45) is 0 Å². The second-order valence-corrected chi connectivity index (χ2v) is 9.67. The van der Waals surface area contributed by atoms with E-state index < -0.39 is 22.0 Å². The van der Waals surface area contributed by atoms with E-state index in [1.54, 1.807) is 0 Å². The number of aryl methyl sites for hydroxylation is 2. The molecule has 2 aromatic rings. The first-order valence-corrected chi connectivity index (χ1v) is 11.3. The van der Waals surface area contributed by atoms with Crippen LogP contribution < -0.4 is 9.62 Å². The Hall–Kier alpha value is -1.76. The van der Waals surface area contributed by atoms with Gasteiger partial charge in [0.15, 0.2) is 0 Å². The Kier molecular flexibility index (Phi) is 7.02. The summed E-state index contributed by atoms with van der Waals surface area (Å²) in [5.41, 5.74) is 3.47. The van der Waals surface area contributed by atoms with Gasteiger partial charge in [-0.25, -0.2) is 8.42 Å². The van der Waals surface area contributed by atoms with Gasteiger partial charge in [0, 0.05) is 10.0 Å². The summed E-state index contributed by atoms with van der Waals surface area (Å²) >= 11 is 12.0. The summed E-state index contributed by atoms with van der Waals surface area (Å²) in [6, 6.07) is 9.11. The van der Waals surface area contributed by atoms with E-state index in [4.69, 9.17) is 23.2 Å². The fraction of sp³-hybridized carbons (Fsp3) is 0.350. The number of rotatable bonds is 6. The Morgan fingerprint density at radius 3 is 2.07 bits per heavy atom. The standard InChI is InChI=1S/C20H24Cl2N2O3S/c1-12-6-7-16(8-13(12)2)14(3)23-20(25)15(4)24(28(5,26)27)19-10-17(21)9-18(22)11-19/h6-11,14-15H,1-5H3,(H,23,25)/t14-,15-/m1/s1. The highest BCUT2D eigenvalue weighted by atomic mass is 35.5. The molecule has 0 saturated carbocycles. The average Bonchev–Trinajstić information content (AvgIpc) is 2.55. The van der Waals surface area contributed by atoms with Crippen molar-refractivity contribution < 1.29 is 13.2 Å². The highest BCUT2D eigenvalue weighted by Crippen LogP contribution is 2.29. The number of carbonyl (C=O) groups excluding carboxylic acids is 1. The molecule has 0 bridgehead atoms. The third-order valence-corrected chi connectivity index (χ3v) is 6.26. The minimum absolute atomic E-state index is 0.237. The third-order valence-electron chi connectivity index (χ3n) is 4.58. The number of carbonyl (C=O) groups is 1. The topological polar surface area (TPSA) is 66.5 Å². The van der Waals surface area contributed by atoms with Crippen LogP contribution in [0.15, 0.2) is 36.4 Å². The predicted molar refractivity (Wildman–Crippen MR) is 116 cm³/mol. The van der Waals surface area contributed by atoms with Crippen LogP contribution in [0, 0.1) is 13.8 Å². The van der Waals surface area contributed by atoms with Gasteiger partial charge in [0.2, 0.25) is 15.9 Å². The maximum absolute atomic E-state index is 12.8. The van der Waals surface area contributed by atoms with E-state index in [1.165, 1.54) is 25.1 Å². The molecule has 0 saturated heterocycles. The minimum Gasteiger partial charge on any atom is -0.348 e. The molecule has 0 aliphatic heterocycles. The normalized spacial score (nSPS) is 13.7. The Balaban J connectivity index is 2.29. The first-order chi connectivity index (χ1) is 12.9. The largest absolute Gasteiger partial charge is 0.348 e. The van der Waals surface area contributed by atoms with E-state index in [0.29, 0.717) is 0 Å². The van der Waals surface area contributed by atoms with E-state index in [1.807, 2.05) is 39.0 Å². The molecule has 5 nitrogen and oxygen atoms in total. The Labute approximate surface area is 176 Å². The van der Waals surface area contributed by atoms with Gasteiger partial charge in [-0.1, -0.05) is 41.4 Å². The summed E-state index contributed by atoms with van der Waals surface area (Å²) in [6.07, 6.45) is 1.04. The van der Waals surface area contributed by atoms with Crippen molar-refractivity contribution in [2.45, 2.75) is 39.8 Å². The molecule has 0 spiro atoms. The van der Waals surface area contributed by atoms with Crippen LogP contribution in [0.2, 0.25) is 10.0 Å². The van der Waals surface area contributed by atoms with Crippen molar-refractivity contribution >= 4 is 44.8 Å². The van der Waals surface area contributed by atoms with Crippen LogP contribution in [0.1, 0.15) is 36.6 Å². The molecule has 1 N–H and O–H groups in total. The fourth-order valence-corrected chi connectivity index (χ4v) is 4.60. The predicted octanol–water partition coefficient (Wildman–Crippen LogP) is 4.64. The number of nitrogens with zero attached hydrogens (tertiary/aromatic N) is 1. The van der Waals surface area contributed by atoms with Gasteiger partial charge in [-0.15, -0.1) is 0 Å². The first kappa shape index (κ1) is 22.5. The lowest BCUT2D eigenvalue weighted by Crippen LogP contribution is -2.48. The summed E-state index contributed by atoms with van der Waals surface area (Å²) < 4.78 is 25.8. The van der Waals surface area contributed by atoms with E-state index >= 15 is 0 Å². The van der Waals surface area contributed by atoms with Crippen molar-refractivity contribution in [2.75, 3.05) is 10.6 Å². The van der Waals surface area contributed by atoms with Crippen molar-refractivity contribution in [3.05, 3.63) is 63.1 Å².